The quantitative estimate of drug-likeness (QED) is 0.276. The van der Waals surface area contributed by atoms with Gasteiger partial charge in [0.1, 0.15) is 0 Å². The summed E-state index contributed by atoms with van der Waals surface area (Å²) in [6.45, 7) is 11.0. The second kappa shape index (κ2) is 8.42. The minimum Gasteiger partial charge on any atom is -0.318 e. The van der Waals surface area contributed by atoms with Crippen LogP contribution in [0.15, 0.2) is 53.5 Å². The minimum absolute atomic E-state index is 0.597. The zero-order valence-corrected chi connectivity index (χ0v) is 18.9. The van der Waals surface area contributed by atoms with Crippen molar-refractivity contribution in [3.63, 3.8) is 0 Å². The van der Waals surface area contributed by atoms with E-state index in [0.29, 0.717) is 5.92 Å². The highest BCUT2D eigenvalue weighted by molar-refractivity contribution is 14.1. The molecule has 1 atom stereocenters. The average Bonchev–Trinajstić information content (AvgIpc) is 2.95. The molecule has 0 N–H and O–H groups in total. The van der Waals surface area contributed by atoms with E-state index in [4.69, 9.17) is 4.99 Å². The zero-order valence-electron chi connectivity index (χ0n) is 16.8. The van der Waals surface area contributed by atoms with Crippen molar-refractivity contribution in [3.8, 4) is 5.69 Å². The highest BCUT2D eigenvalue weighted by Crippen LogP contribution is 2.24. The number of benzene rings is 2. The Morgan fingerprint density at radius 2 is 1.74 bits per heavy atom. The fourth-order valence-electron chi connectivity index (χ4n) is 3.35. The predicted octanol–water partition coefficient (Wildman–Crippen LogP) is 7.27. The van der Waals surface area contributed by atoms with Gasteiger partial charge in [0.25, 0.3) is 0 Å². The molecule has 0 spiro atoms. The second-order valence-electron chi connectivity index (χ2n) is 7.25. The number of halogens is 1. The molecular weight excluding hydrogens is 443 g/mol. The molecule has 0 saturated heterocycles. The SMILES string of the molecule is CC[C@@H](C)c1ccc(N=Cc2cc(C)n(-c3ccc(I)c(C)c3)c2C)cc1. The third kappa shape index (κ3) is 4.34. The molecule has 2 aromatic carbocycles. The largest absolute Gasteiger partial charge is 0.318 e. The third-order valence-electron chi connectivity index (χ3n) is 5.30. The van der Waals surface area contributed by atoms with Crippen LogP contribution in [0.4, 0.5) is 5.69 Å². The molecule has 140 valence electrons. The maximum Gasteiger partial charge on any atom is 0.0630 e. The minimum atomic E-state index is 0.597. The van der Waals surface area contributed by atoms with Gasteiger partial charge in [0, 0.05) is 32.4 Å². The maximum atomic E-state index is 4.70. The van der Waals surface area contributed by atoms with Crippen molar-refractivity contribution in [2.24, 2.45) is 4.99 Å². The number of rotatable bonds is 5. The third-order valence-corrected chi connectivity index (χ3v) is 6.51. The molecule has 3 aromatic rings. The number of nitrogens with zero attached hydrogens (tertiary/aromatic N) is 2. The lowest BCUT2D eigenvalue weighted by atomic mass is 9.99. The van der Waals surface area contributed by atoms with Crippen LogP contribution in [0.1, 0.15) is 54.3 Å². The van der Waals surface area contributed by atoms with Crippen LogP contribution in [0, 0.1) is 24.3 Å². The van der Waals surface area contributed by atoms with Gasteiger partial charge >= 0.3 is 0 Å². The monoisotopic (exact) mass is 470 g/mol. The van der Waals surface area contributed by atoms with E-state index in [1.54, 1.807) is 0 Å². The lowest BCUT2D eigenvalue weighted by Gasteiger charge is -2.11. The lowest BCUT2D eigenvalue weighted by molar-refractivity contribution is 0.734. The van der Waals surface area contributed by atoms with E-state index in [-0.39, 0.29) is 0 Å². The van der Waals surface area contributed by atoms with Gasteiger partial charge in [-0.15, -0.1) is 0 Å². The number of aliphatic imine (C=N–C) groups is 1. The van der Waals surface area contributed by atoms with Gasteiger partial charge in [-0.3, -0.25) is 4.99 Å². The molecule has 1 aromatic heterocycles. The van der Waals surface area contributed by atoms with E-state index in [2.05, 4.69) is 110 Å². The van der Waals surface area contributed by atoms with Crippen LogP contribution in [-0.2, 0) is 0 Å². The summed E-state index contributed by atoms with van der Waals surface area (Å²) in [5, 5.41) is 0. The first kappa shape index (κ1) is 19.9. The molecule has 0 unspecified atom stereocenters. The van der Waals surface area contributed by atoms with Crippen LogP contribution in [0.5, 0.6) is 0 Å². The standard InChI is InChI=1S/C24H27IN2/c1-6-16(2)20-7-9-22(10-8-20)26-15-21-14-18(4)27(19(21)5)23-11-12-24(25)17(3)13-23/h7-16H,6H2,1-5H3/t16-/m1/s1. The van der Waals surface area contributed by atoms with Crippen molar-refractivity contribution in [3.05, 3.63) is 80.2 Å². The highest BCUT2D eigenvalue weighted by atomic mass is 127. The first-order chi connectivity index (χ1) is 12.9. The molecule has 0 saturated carbocycles. The van der Waals surface area contributed by atoms with Gasteiger partial charge in [-0.1, -0.05) is 26.0 Å². The maximum absolute atomic E-state index is 4.70. The van der Waals surface area contributed by atoms with Crippen LogP contribution in [0.25, 0.3) is 5.69 Å². The predicted molar refractivity (Wildman–Crippen MR) is 125 cm³/mol. The Balaban J connectivity index is 1.88. The van der Waals surface area contributed by atoms with E-state index in [9.17, 15) is 0 Å². The molecule has 0 aliphatic carbocycles. The van der Waals surface area contributed by atoms with Gasteiger partial charge in [0.05, 0.1) is 5.69 Å². The molecule has 2 nitrogen and oxygen atoms in total. The molecule has 0 amide bonds. The van der Waals surface area contributed by atoms with E-state index < -0.39 is 0 Å². The van der Waals surface area contributed by atoms with Crippen molar-refractivity contribution in [1.29, 1.82) is 0 Å². The van der Waals surface area contributed by atoms with Crippen molar-refractivity contribution >= 4 is 34.5 Å². The van der Waals surface area contributed by atoms with Crippen molar-refractivity contribution < 1.29 is 0 Å². The van der Waals surface area contributed by atoms with Gasteiger partial charge in [-0.2, -0.15) is 0 Å². The number of hydrogen-bond acceptors (Lipinski definition) is 1. The highest BCUT2D eigenvalue weighted by Gasteiger charge is 2.10. The first-order valence-electron chi connectivity index (χ1n) is 9.50. The Morgan fingerprint density at radius 1 is 1.04 bits per heavy atom. The van der Waals surface area contributed by atoms with Gasteiger partial charge in [0.2, 0.25) is 0 Å². The molecule has 0 aliphatic rings. The van der Waals surface area contributed by atoms with Gasteiger partial charge in [-0.05, 0) is 103 Å². The van der Waals surface area contributed by atoms with Crippen LogP contribution in [-0.4, -0.2) is 10.8 Å². The summed E-state index contributed by atoms with van der Waals surface area (Å²) in [4.78, 5) is 4.70. The molecule has 3 rings (SSSR count). The zero-order chi connectivity index (χ0) is 19.6. The number of aromatic nitrogens is 1. The lowest BCUT2D eigenvalue weighted by Crippen LogP contribution is -2.00. The number of aryl methyl sites for hydroxylation is 2. The molecule has 1 heterocycles. The van der Waals surface area contributed by atoms with E-state index in [0.717, 1.165) is 17.7 Å². The van der Waals surface area contributed by atoms with Gasteiger partial charge in [-0.25, -0.2) is 0 Å². The first-order valence-corrected chi connectivity index (χ1v) is 10.6. The fraction of sp³-hybridized carbons (Fsp3) is 0.292. The molecule has 0 bridgehead atoms. The Hall–Kier alpha value is -1.88. The Kier molecular flexibility index (Phi) is 6.20. The molecule has 0 fully saturated rings. The molecule has 0 radical (unpaired) electrons. The Bertz CT molecular complexity index is 965. The second-order valence-corrected chi connectivity index (χ2v) is 8.42. The summed E-state index contributed by atoms with van der Waals surface area (Å²) in [5.74, 6) is 0.597. The van der Waals surface area contributed by atoms with Crippen LogP contribution in [0.2, 0.25) is 0 Å². The molecule has 0 aliphatic heterocycles. The van der Waals surface area contributed by atoms with Crippen molar-refractivity contribution in [1.82, 2.24) is 4.57 Å². The van der Waals surface area contributed by atoms with Crippen LogP contribution in [0.3, 0.4) is 0 Å². The van der Waals surface area contributed by atoms with Crippen LogP contribution < -0.4 is 0 Å². The van der Waals surface area contributed by atoms with E-state index in [1.165, 1.54) is 31.8 Å². The summed E-state index contributed by atoms with van der Waals surface area (Å²) < 4.78 is 3.60. The molecule has 3 heteroatoms. The van der Waals surface area contributed by atoms with Crippen molar-refractivity contribution in [2.45, 2.75) is 47.0 Å². The van der Waals surface area contributed by atoms with Gasteiger partial charge < -0.3 is 4.57 Å². The smallest absolute Gasteiger partial charge is 0.0630 e. The molecule has 27 heavy (non-hydrogen) atoms. The molecular formula is C24H27IN2. The van der Waals surface area contributed by atoms with Gasteiger partial charge in [0.15, 0.2) is 0 Å². The topological polar surface area (TPSA) is 17.3 Å². The number of hydrogen-bond donors (Lipinski definition) is 0. The Morgan fingerprint density at radius 3 is 2.37 bits per heavy atom. The van der Waals surface area contributed by atoms with E-state index >= 15 is 0 Å². The summed E-state index contributed by atoms with van der Waals surface area (Å²) in [7, 11) is 0. The normalized spacial score (nSPS) is 12.7. The summed E-state index contributed by atoms with van der Waals surface area (Å²) in [5.41, 5.74) is 8.49. The van der Waals surface area contributed by atoms with E-state index in [1.807, 2.05) is 6.21 Å². The summed E-state index contributed by atoms with van der Waals surface area (Å²) >= 11 is 2.38. The van der Waals surface area contributed by atoms with Crippen molar-refractivity contribution in [2.75, 3.05) is 0 Å². The fourth-order valence-corrected chi connectivity index (χ4v) is 3.69. The van der Waals surface area contributed by atoms with Crippen LogP contribution >= 0.6 is 22.6 Å². The average molecular weight is 470 g/mol. The summed E-state index contributed by atoms with van der Waals surface area (Å²) in [6.07, 6.45) is 3.14. The summed E-state index contributed by atoms with van der Waals surface area (Å²) in [6, 6.07) is 17.4. The Labute approximate surface area is 176 Å².